The van der Waals surface area contributed by atoms with Gasteiger partial charge in [0.05, 0.1) is 5.56 Å². The smallest absolute Gasteiger partial charge is 0.285 e. The first-order chi connectivity index (χ1) is 6.20. The highest BCUT2D eigenvalue weighted by Crippen LogP contribution is 2.09. The molecule has 6 N–H and O–H groups in total. The second-order valence-electron chi connectivity index (χ2n) is 2.02. The number of nitrogens with one attached hydrogen (secondary N) is 2. The number of carbonyl (C=O) groups is 2. The lowest BCUT2D eigenvalue weighted by molar-refractivity contribution is 0.0917. The molecule has 0 atom stereocenters. The Bertz CT molecular complexity index is 305. The number of nitrogen functional groups attached to an aromatic ring is 2. The van der Waals surface area contributed by atoms with Crippen molar-refractivity contribution in [3.63, 3.8) is 0 Å². The Morgan fingerprint density at radius 1 is 1.31 bits per heavy atom. The van der Waals surface area contributed by atoms with Crippen molar-refractivity contribution in [1.29, 1.82) is 0 Å². The van der Waals surface area contributed by atoms with Crippen LogP contribution in [0.2, 0.25) is 0 Å². The number of hydrogen-bond acceptors (Lipinski definition) is 6. The first kappa shape index (κ1) is 9.58. The topological polar surface area (TPSA) is 123 Å². The number of amides is 2. The standard InChI is InChI=1S/C5H7N5O2S/c6-8-4(11)2-1-13-10-3(2)5(12)9-7/h1H,6-7H2,(H,8,11)(H,9,12). The summed E-state index contributed by atoms with van der Waals surface area (Å²) in [6.07, 6.45) is 0. The fourth-order valence-electron chi connectivity index (χ4n) is 0.708. The highest BCUT2D eigenvalue weighted by Gasteiger charge is 2.18. The van der Waals surface area contributed by atoms with Crippen molar-refractivity contribution in [2.45, 2.75) is 0 Å². The number of carbonyl (C=O) groups excluding carboxylic acids is 2. The van der Waals surface area contributed by atoms with E-state index in [1.807, 2.05) is 10.9 Å². The van der Waals surface area contributed by atoms with E-state index in [1.165, 1.54) is 5.38 Å². The fraction of sp³-hybridized carbons (Fsp3) is 0. The van der Waals surface area contributed by atoms with Crippen LogP contribution in [0, 0.1) is 0 Å². The van der Waals surface area contributed by atoms with Gasteiger partial charge in [0.15, 0.2) is 5.69 Å². The molecule has 0 radical (unpaired) electrons. The molecule has 0 aromatic carbocycles. The normalized spacial score (nSPS) is 9.38. The van der Waals surface area contributed by atoms with E-state index in [2.05, 4.69) is 4.37 Å². The molecule has 0 aliphatic rings. The van der Waals surface area contributed by atoms with Crippen molar-refractivity contribution < 1.29 is 9.59 Å². The van der Waals surface area contributed by atoms with Gasteiger partial charge in [0.1, 0.15) is 0 Å². The Labute approximate surface area is 77.2 Å². The molecule has 0 saturated carbocycles. The van der Waals surface area contributed by atoms with Crippen molar-refractivity contribution in [1.82, 2.24) is 15.2 Å². The number of hydrazine groups is 2. The second-order valence-corrected chi connectivity index (χ2v) is 2.65. The third-order valence-electron chi connectivity index (χ3n) is 1.29. The minimum Gasteiger partial charge on any atom is -0.290 e. The van der Waals surface area contributed by atoms with Crippen LogP contribution in [0.4, 0.5) is 0 Å². The molecule has 8 heteroatoms. The molecule has 0 spiro atoms. The largest absolute Gasteiger partial charge is 0.290 e. The highest BCUT2D eigenvalue weighted by molar-refractivity contribution is 7.04. The Balaban J connectivity index is 3.02. The first-order valence-electron chi connectivity index (χ1n) is 3.17. The van der Waals surface area contributed by atoms with Crippen LogP contribution < -0.4 is 22.5 Å². The maximum atomic E-state index is 11.0. The molecular weight excluding hydrogens is 194 g/mol. The van der Waals surface area contributed by atoms with Gasteiger partial charge in [-0.1, -0.05) is 0 Å². The lowest BCUT2D eigenvalue weighted by Crippen LogP contribution is -2.35. The van der Waals surface area contributed by atoms with Crippen LogP contribution in [0.3, 0.4) is 0 Å². The summed E-state index contributed by atoms with van der Waals surface area (Å²) in [4.78, 5) is 22.0. The molecule has 1 rings (SSSR count). The molecular formula is C5H7N5O2S. The quantitative estimate of drug-likeness (QED) is 0.259. The number of nitrogens with zero attached hydrogens (tertiary/aromatic N) is 1. The Morgan fingerprint density at radius 3 is 2.46 bits per heavy atom. The summed E-state index contributed by atoms with van der Waals surface area (Å²) in [7, 11) is 0. The average Bonchev–Trinajstić information content (AvgIpc) is 2.63. The van der Waals surface area contributed by atoms with E-state index in [4.69, 9.17) is 11.7 Å². The molecule has 7 nitrogen and oxygen atoms in total. The molecule has 0 aliphatic carbocycles. The van der Waals surface area contributed by atoms with Gasteiger partial charge in [-0.3, -0.25) is 20.4 Å². The van der Waals surface area contributed by atoms with Gasteiger partial charge in [-0.25, -0.2) is 11.7 Å². The average molecular weight is 201 g/mol. The van der Waals surface area contributed by atoms with Crippen molar-refractivity contribution >= 4 is 23.3 Å². The van der Waals surface area contributed by atoms with E-state index in [-0.39, 0.29) is 11.3 Å². The van der Waals surface area contributed by atoms with Gasteiger partial charge in [0, 0.05) is 5.38 Å². The van der Waals surface area contributed by atoms with E-state index >= 15 is 0 Å². The van der Waals surface area contributed by atoms with Gasteiger partial charge in [0.2, 0.25) is 0 Å². The third-order valence-corrected chi connectivity index (χ3v) is 1.92. The lowest BCUT2D eigenvalue weighted by Gasteiger charge is -1.98. The molecule has 0 fully saturated rings. The van der Waals surface area contributed by atoms with Crippen LogP contribution in [-0.2, 0) is 0 Å². The molecule has 0 unspecified atom stereocenters. The van der Waals surface area contributed by atoms with Gasteiger partial charge in [-0.15, -0.1) is 0 Å². The zero-order chi connectivity index (χ0) is 9.84. The summed E-state index contributed by atoms with van der Waals surface area (Å²) in [5.41, 5.74) is 3.84. The van der Waals surface area contributed by atoms with E-state index in [0.29, 0.717) is 0 Å². The first-order valence-corrected chi connectivity index (χ1v) is 4.00. The summed E-state index contributed by atoms with van der Waals surface area (Å²) in [6.45, 7) is 0. The molecule has 1 aromatic rings. The molecule has 1 heterocycles. The summed E-state index contributed by atoms with van der Waals surface area (Å²) in [5.74, 6) is 8.56. The fourth-order valence-corrected chi connectivity index (χ4v) is 1.37. The number of rotatable bonds is 2. The monoisotopic (exact) mass is 201 g/mol. The molecule has 70 valence electrons. The third kappa shape index (κ3) is 1.80. The van der Waals surface area contributed by atoms with Crippen molar-refractivity contribution in [3.05, 3.63) is 16.6 Å². The highest BCUT2D eigenvalue weighted by atomic mass is 32.1. The maximum Gasteiger partial charge on any atom is 0.285 e. The molecule has 0 saturated heterocycles. The van der Waals surface area contributed by atoms with Crippen LogP contribution in [0.5, 0.6) is 0 Å². The van der Waals surface area contributed by atoms with Gasteiger partial charge in [-0.05, 0) is 11.5 Å². The van der Waals surface area contributed by atoms with E-state index < -0.39 is 11.8 Å². The molecule has 2 amide bonds. The van der Waals surface area contributed by atoms with E-state index in [0.717, 1.165) is 11.5 Å². The summed E-state index contributed by atoms with van der Waals surface area (Å²) in [5, 5.41) is 1.41. The van der Waals surface area contributed by atoms with Gasteiger partial charge in [0.25, 0.3) is 11.8 Å². The van der Waals surface area contributed by atoms with Crippen molar-refractivity contribution in [2.24, 2.45) is 11.7 Å². The molecule has 13 heavy (non-hydrogen) atoms. The van der Waals surface area contributed by atoms with Crippen molar-refractivity contribution in [2.75, 3.05) is 0 Å². The second kappa shape index (κ2) is 3.94. The van der Waals surface area contributed by atoms with E-state index in [1.54, 1.807) is 0 Å². The van der Waals surface area contributed by atoms with Crippen LogP contribution in [-0.4, -0.2) is 16.2 Å². The Kier molecular flexibility index (Phi) is 2.90. The Morgan fingerprint density at radius 2 is 1.92 bits per heavy atom. The van der Waals surface area contributed by atoms with Crippen molar-refractivity contribution in [3.8, 4) is 0 Å². The Hall–Kier alpha value is -1.51. The van der Waals surface area contributed by atoms with Crippen LogP contribution in [0.15, 0.2) is 5.38 Å². The zero-order valence-electron chi connectivity index (χ0n) is 6.40. The zero-order valence-corrected chi connectivity index (χ0v) is 7.22. The number of hydrogen-bond donors (Lipinski definition) is 4. The predicted octanol–water partition coefficient (Wildman–Crippen LogP) is -1.65. The number of nitrogens with two attached hydrogens (primary N) is 2. The van der Waals surface area contributed by atoms with Gasteiger partial charge >= 0.3 is 0 Å². The molecule has 0 bridgehead atoms. The number of aromatic nitrogens is 1. The summed E-state index contributed by atoms with van der Waals surface area (Å²) < 4.78 is 3.69. The molecule has 0 aliphatic heterocycles. The summed E-state index contributed by atoms with van der Waals surface area (Å²) >= 11 is 0.971. The lowest BCUT2D eigenvalue weighted by atomic mass is 10.2. The van der Waals surface area contributed by atoms with Crippen LogP contribution >= 0.6 is 11.5 Å². The van der Waals surface area contributed by atoms with Crippen LogP contribution in [0.1, 0.15) is 20.8 Å². The SMILES string of the molecule is NNC(=O)c1csnc1C(=O)NN. The van der Waals surface area contributed by atoms with Crippen LogP contribution in [0.25, 0.3) is 0 Å². The van der Waals surface area contributed by atoms with Gasteiger partial charge < -0.3 is 0 Å². The maximum absolute atomic E-state index is 11.0. The minimum absolute atomic E-state index is 0.0320. The summed E-state index contributed by atoms with van der Waals surface area (Å²) in [6, 6.07) is 0. The molecule has 1 aromatic heterocycles. The van der Waals surface area contributed by atoms with Gasteiger partial charge in [-0.2, -0.15) is 4.37 Å². The predicted molar refractivity (Wildman–Crippen MR) is 45.4 cm³/mol. The minimum atomic E-state index is -0.625. The van der Waals surface area contributed by atoms with E-state index in [9.17, 15) is 9.59 Å².